The molecule has 2 N–H and O–H groups in total. The Morgan fingerprint density at radius 3 is 2.80 bits per heavy atom. The van der Waals surface area contributed by atoms with Crippen molar-refractivity contribution in [2.45, 2.75) is 40.3 Å². The Balaban J connectivity index is 1.63. The number of ether oxygens (including phenoxy) is 1. The van der Waals surface area contributed by atoms with Crippen LogP contribution in [0.1, 0.15) is 36.8 Å². The summed E-state index contributed by atoms with van der Waals surface area (Å²) in [6.45, 7) is 8.58. The summed E-state index contributed by atoms with van der Waals surface area (Å²) < 4.78 is 7.94. The Hall–Kier alpha value is -2.76. The fourth-order valence-corrected chi connectivity index (χ4v) is 2.95. The number of nitrogens with zero attached hydrogens (tertiary/aromatic N) is 2. The molecule has 0 aliphatic carbocycles. The van der Waals surface area contributed by atoms with E-state index in [1.807, 2.05) is 38.2 Å². The van der Waals surface area contributed by atoms with E-state index in [4.69, 9.17) is 4.74 Å². The van der Waals surface area contributed by atoms with Crippen molar-refractivity contribution in [3.63, 3.8) is 0 Å². The highest BCUT2D eigenvalue weighted by atomic mass is 16.5. The van der Waals surface area contributed by atoms with Crippen LogP contribution in [0.4, 0.5) is 0 Å². The van der Waals surface area contributed by atoms with E-state index in [2.05, 4.69) is 40.0 Å². The van der Waals surface area contributed by atoms with Crippen LogP contribution in [0, 0.1) is 13.8 Å². The highest BCUT2D eigenvalue weighted by Crippen LogP contribution is 2.28. The number of carbonyl (C=O) groups excluding carboxylic acids is 1. The Morgan fingerprint density at radius 1 is 1.32 bits per heavy atom. The third kappa shape index (κ3) is 3.52. The molecule has 25 heavy (non-hydrogen) atoms. The number of benzene rings is 1. The van der Waals surface area contributed by atoms with Gasteiger partial charge in [-0.1, -0.05) is 6.07 Å². The molecule has 0 radical (unpaired) electrons. The first-order chi connectivity index (χ1) is 12.0. The fourth-order valence-electron chi connectivity index (χ4n) is 2.95. The number of fused-ring (bicyclic) bond motifs is 1. The molecule has 0 unspecified atom stereocenters. The van der Waals surface area contributed by atoms with E-state index in [-0.39, 0.29) is 12.5 Å². The molecule has 0 bridgehead atoms. The summed E-state index contributed by atoms with van der Waals surface area (Å²) in [4.78, 5) is 12.1. The van der Waals surface area contributed by atoms with E-state index in [1.165, 1.54) is 0 Å². The van der Waals surface area contributed by atoms with Crippen molar-refractivity contribution >= 4 is 16.8 Å². The summed E-state index contributed by atoms with van der Waals surface area (Å²) in [6.07, 6.45) is 2.05. The molecular formula is C19H24N4O2. The molecule has 0 atom stereocenters. The van der Waals surface area contributed by atoms with Crippen molar-refractivity contribution in [2.24, 2.45) is 0 Å². The Bertz CT molecular complexity index is 873. The normalized spacial score (nSPS) is 11.2. The minimum atomic E-state index is -0.153. The lowest BCUT2D eigenvalue weighted by Crippen LogP contribution is -2.28. The van der Waals surface area contributed by atoms with Crippen molar-refractivity contribution in [2.75, 3.05) is 6.61 Å². The number of H-pyrrole nitrogens is 1. The van der Waals surface area contributed by atoms with Crippen LogP contribution >= 0.6 is 0 Å². The molecule has 2 aromatic heterocycles. The second kappa shape index (κ2) is 7.01. The maximum atomic E-state index is 12.1. The Kier molecular flexibility index (Phi) is 4.79. The SMILES string of the molecule is Cc1n[nH]c(C)c1CNC(=O)COc1cccc2c1ccn2C(C)C. The number of carbonyl (C=O) groups is 1. The van der Waals surface area contributed by atoms with E-state index in [1.54, 1.807) is 0 Å². The highest BCUT2D eigenvalue weighted by Gasteiger charge is 2.11. The summed E-state index contributed by atoms with van der Waals surface area (Å²) in [5.41, 5.74) is 4.00. The molecule has 0 spiro atoms. The number of rotatable bonds is 6. The molecular weight excluding hydrogens is 316 g/mol. The van der Waals surface area contributed by atoms with Gasteiger partial charge in [-0.2, -0.15) is 5.10 Å². The Morgan fingerprint density at radius 2 is 2.12 bits per heavy atom. The van der Waals surface area contributed by atoms with Gasteiger partial charge in [0.25, 0.3) is 5.91 Å². The van der Waals surface area contributed by atoms with Gasteiger partial charge in [-0.15, -0.1) is 0 Å². The Labute approximate surface area is 147 Å². The molecule has 132 valence electrons. The summed E-state index contributed by atoms with van der Waals surface area (Å²) in [6, 6.07) is 8.31. The van der Waals surface area contributed by atoms with Gasteiger partial charge in [0.05, 0.1) is 11.2 Å². The predicted octanol–water partition coefficient (Wildman–Crippen LogP) is 3.26. The van der Waals surface area contributed by atoms with Crippen LogP contribution < -0.4 is 10.1 Å². The van der Waals surface area contributed by atoms with Crippen LogP contribution in [0.3, 0.4) is 0 Å². The third-order valence-electron chi connectivity index (χ3n) is 4.38. The van der Waals surface area contributed by atoms with Crippen molar-refractivity contribution in [1.82, 2.24) is 20.1 Å². The van der Waals surface area contributed by atoms with Crippen LogP contribution in [0.5, 0.6) is 5.75 Å². The molecule has 0 saturated carbocycles. The molecule has 6 heteroatoms. The molecule has 2 heterocycles. The fraction of sp³-hybridized carbons (Fsp3) is 0.368. The molecule has 1 aromatic carbocycles. The van der Waals surface area contributed by atoms with Crippen LogP contribution in [-0.2, 0) is 11.3 Å². The van der Waals surface area contributed by atoms with Crippen molar-refractivity contribution in [3.05, 3.63) is 47.4 Å². The van der Waals surface area contributed by atoms with Gasteiger partial charge in [-0.25, -0.2) is 0 Å². The summed E-state index contributed by atoms with van der Waals surface area (Å²) in [7, 11) is 0. The second-order valence-electron chi connectivity index (χ2n) is 6.48. The van der Waals surface area contributed by atoms with Crippen LogP contribution in [0.25, 0.3) is 10.9 Å². The number of aromatic nitrogens is 3. The summed E-state index contributed by atoms with van der Waals surface area (Å²) in [5.74, 6) is 0.572. The maximum Gasteiger partial charge on any atom is 0.258 e. The van der Waals surface area contributed by atoms with Gasteiger partial charge in [0, 0.05) is 35.4 Å². The average molecular weight is 340 g/mol. The first-order valence-corrected chi connectivity index (χ1v) is 8.47. The van der Waals surface area contributed by atoms with Gasteiger partial charge in [0.2, 0.25) is 0 Å². The van der Waals surface area contributed by atoms with Gasteiger partial charge in [0.15, 0.2) is 6.61 Å². The number of nitrogens with one attached hydrogen (secondary N) is 2. The first kappa shape index (κ1) is 17.1. The summed E-state index contributed by atoms with van der Waals surface area (Å²) in [5, 5.41) is 10.9. The molecule has 0 aliphatic rings. The molecule has 1 amide bonds. The number of amides is 1. The van der Waals surface area contributed by atoms with Crippen LogP contribution in [0.15, 0.2) is 30.5 Å². The average Bonchev–Trinajstić information content (AvgIpc) is 3.15. The summed E-state index contributed by atoms with van der Waals surface area (Å²) >= 11 is 0. The van der Waals surface area contributed by atoms with E-state index in [0.717, 1.165) is 33.6 Å². The van der Waals surface area contributed by atoms with E-state index >= 15 is 0 Å². The number of aromatic amines is 1. The second-order valence-corrected chi connectivity index (χ2v) is 6.48. The van der Waals surface area contributed by atoms with E-state index in [9.17, 15) is 4.79 Å². The smallest absolute Gasteiger partial charge is 0.258 e. The molecule has 3 aromatic rings. The van der Waals surface area contributed by atoms with Crippen LogP contribution in [0.2, 0.25) is 0 Å². The standard InChI is InChI=1S/C19H24N4O2/c1-12(2)23-9-8-15-17(23)6-5-7-18(15)25-11-19(24)20-10-16-13(3)21-22-14(16)4/h5-9,12H,10-11H2,1-4H3,(H,20,24)(H,21,22). The molecule has 6 nitrogen and oxygen atoms in total. The first-order valence-electron chi connectivity index (χ1n) is 8.47. The van der Waals surface area contributed by atoms with Crippen LogP contribution in [-0.4, -0.2) is 27.3 Å². The lowest BCUT2D eigenvalue weighted by Gasteiger charge is -2.11. The van der Waals surface area contributed by atoms with Gasteiger partial charge in [-0.05, 0) is 45.9 Å². The quantitative estimate of drug-likeness (QED) is 0.723. The van der Waals surface area contributed by atoms with Gasteiger partial charge in [0.1, 0.15) is 5.75 Å². The van der Waals surface area contributed by atoms with Crippen molar-refractivity contribution in [1.29, 1.82) is 0 Å². The van der Waals surface area contributed by atoms with Gasteiger partial charge < -0.3 is 14.6 Å². The number of hydrogen-bond acceptors (Lipinski definition) is 3. The number of aryl methyl sites for hydroxylation is 2. The lowest BCUT2D eigenvalue weighted by atomic mass is 10.2. The van der Waals surface area contributed by atoms with Gasteiger partial charge >= 0.3 is 0 Å². The van der Waals surface area contributed by atoms with Gasteiger partial charge in [-0.3, -0.25) is 9.89 Å². The zero-order chi connectivity index (χ0) is 18.0. The maximum absolute atomic E-state index is 12.1. The topological polar surface area (TPSA) is 71.9 Å². The zero-order valence-electron chi connectivity index (χ0n) is 15.1. The molecule has 3 rings (SSSR count). The van der Waals surface area contributed by atoms with Crippen molar-refractivity contribution < 1.29 is 9.53 Å². The molecule has 0 fully saturated rings. The predicted molar refractivity (Wildman–Crippen MR) is 97.7 cm³/mol. The lowest BCUT2D eigenvalue weighted by molar-refractivity contribution is -0.123. The minimum absolute atomic E-state index is 0.0120. The third-order valence-corrected chi connectivity index (χ3v) is 4.38. The molecule has 0 saturated heterocycles. The number of hydrogen-bond donors (Lipinski definition) is 2. The molecule has 0 aliphatic heterocycles. The van der Waals surface area contributed by atoms with E-state index in [0.29, 0.717) is 12.6 Å². The zero-order valence-corrected chi connectivity index (χ0v) is 15.1. The highest BCUT2D eigenvalue weighted by molar-refractivity contribution is 5.87. The van der Waals surface area contributed by atoms with E-state index < -0.39 is 0 Å². The largest absolute Gasteiger partial charge is 0.483 e. The minimum Gasteiger partial charge on any atom is -0.483 e. The van der Waals surface area contributed by atoms with Crippen molar-refractivity contribution in [3.8, 4) is 5.75 Å². The monoisotopic (exact) mass is 340 g/mol.